The zero-order valence-electron chi connectivity index (χ0n) is 12.6. The Balaban J connectivity index is 2.42. The van der Waals surface area contributed by atoms with Crippen LogP contribution in [0.2, 0.25) is 0 Å². The second kappa shape index (κ2) is 9.02. The van der Waals surface area contributed by atoms with Crippen LogP contribution in [0.3, 0.4) is 0 Å². The van der Waals surface area contributed by atoms with Gasteiger partial charge in [0.05, 0.1) is 11.4 Å². The predicted molar refractivity (Wildman–Crippen MR) is 79.0 cm³/mol. The molecule has 1 heterocycles. The fourth-order valence-corrected chi connectivity index (χ4v) is 1.86. The molecule has 0 saturated carbocycles. The number of hydrogen-bond acceptors (Lipinski definition) is 4. The van der Waals surface area contributed by atoms with Gasteiger partial charge >= 0.3 is 0 Å². The number of methoxy groups -OCH3 is 1. The number of pyridine rings is 1. The third-order valence-electron chi connectivity index (χ3n) is 2.88. The molecule has 0 bridgehead atoms. The SMILES string of the molecule is COCCCN(C)Cc1cccc(CNC(C)C)n1. The molecule has 1 N–H and O–H groups in total. The zero-order chi connectivity index (χ0) is 14.1. The first kappa shape index (κ1) is 16.1. The third kappa shape index (κ3) is 7.25. The molecule has 4 nitrogen and oxygen atoms in total. The highest BCUT2D eigenvalue weighted by Gasteiger charge is 2.03. The van der Waals surface area contributed by atoms with Crippen molar-refractivity contribution in [1.82, 2.24) is 15.2 Å². The Bertz CT molecular complexity index is 355. The van der Waals surface area contributed by atoms with E-state index >= 15 is 0 Å². The highest BCUT2D eigenvalue weighted by atomic mass is 16.5. The summed E-state index contributed by atoms with van der Waals surface area (Å²) in [6.07, 6.45) is 1.06. The molecule has 0 aromatic carbocycles. The number of aromatic nitrogens is 1. The van der Waals surface area contributed by atoms with Crippen molar-refractivity contribution in [3.05, 3.63) is 29.6 Å². The molecule has 0 aliphatic rings. The van der Waals surface area contributed by atoms with Crippen molar-refractivity contribution in [2.45, 2.75) is 39.4 Å². The van der Waals surface area contributed by atoms with Crippen LogP contribution in [0.4, 0.5) is 0 Å². The molecule has 1 aromatic heterocycles. The average Bonchev–Trinajstić information content (AvgIpc) is 2.37. The third-order valence-corrected chi connectivity index (χ3v) is 2.88. The van der Waals surface area contributed by atoms with E-state index in [1.54, 1.807) is 7.11 Å². The van der Waals surface area contributed by atoms with Crippen molar-refractivity contribution < 1.29 is 4.74 Å². The summed E-state index contributed by atoms with van der Waals surface area (Å²) in [6, 6.07) is 6.74. The van der Waals surface area contributed by atoms with E-state index in [1.807, 2.05) is 0 Å². The zero-order valence-corrected chi connectivity index (χ0v) is 12.6. The van der Waals surface area contributed by atoms with Crippen LogP contribution in [0.5, 0.6) is 0 Å². The van der Waals surface area contributed by atoms with E-state index in [0.717, 1.165) is 44.0 Å². The number of hydrogen-bond donors (Lipinski definition) is 1. The Morgan fingerprint density at radius 3 is 2.74 bits per heavy atom. The van der Waals surface area contributed by atoms with Crippen molar-refractivity contribution in [3.63, 3.8) is 0 Å². The molecule has 19 heavy (non-hydrogen) atoms. The number of nitrogens with zero attached hydrogens (tertiary/aromatic N) is 2. The first-order valence-electron chi connectivity index (χ1n) is 6.97. The van der Waals surface area contributed by atoms with Gasteiger partial charge < -0.3 is 15.0 Å². The van der Waals surface area contributed by atoms with Crippen LogP contribution in [0, 0.1) is 0 Å². The lowest BCUT2D eigenvalue weighted by molar-refractivity contribution is 0.177. The highest BCUT2D eigenvalue weighted by Crippen LogP contribution is 2.03. The summed E-state index contributed by atoms with van der Waals surface area (Å²) in [6.45, 7) is 7.86. The van der Waals surface area contributed by atoms with E-state index in [0.29, 0.717) is 6.04 Å². The Morgan fingerprint density at radius 1 is 1.32 bits per heavy atom. The van der Waals surface area contributed by atoms with Gasteiger partial charge in [-0.2, -0.15) is 0 Å². The van der Waals surface area contributed by atoms with Crippen LogP contribution >= 0.6 is 0 Å². The normalized spacial score (nSPS) is 11.5. The summed E-state index contributed by atoms with van der Waals surface area (Å²) >= 11 is 0. The van der Waals surface area contributed by atoms with E-state index in [2.05, 4.69) is 54.3 Å². The van der Waals surface area contributed by atoms with Gasteiger partial charge in [-0.3, -0.25) is 4.98 Å². The molecule has 4 heteroatoms. The van der Waals surface area contributed by atoms with Gasteiger partial charge in [0.1, 0.15) is 0 Å². The van der Waals surface area contributed by atoms with Crippen LogP contribution in [-0.4, -0.2) is 43.2 Å². The summed E-state index contributed by atoms with van der Waals surface area (Å²) in [7, 11) is 3.86. The standard InChI is InChI=1S/C15H27N3O/c1-13(2)16-11-14-7-5-8-15(17-14)12-18(3)9-6-10-19-4/h5,7-8,13,16H,6,9-12H2,1-4H3. The Kier molecular flexibility index (Phi) is 7.63. The van der Waals surface area contributed by atoms with Gasteiger partial charge in [0.25, 0.3) is 0 Å². The molecule has 0 aliphatic carbocycles. The number of rotatable bonds is 9. The molecule has 0 saturated heterocycles. The van der Waals surface area contributed by atoms with Gasteiger partial charge in [-0.25, -0.2) is 0 Å². The molecule has 0 atom stereocenters. The van der Waals surface area contributed by atoms with E-state index in [9.17, 15) is 0 Å². The lowest BCUT2D eigenvalue weighted by Gasteiger charge is -2.16. The van der Waals surface area contributed by atoms with Crippen molar-refractivity contribution >= 4 is 0 Å². The molecular formula is C15H27N3O. The van der Waals surface area contributed by atoms with E-state index in [-0.39, 0.29) is 0 Å². The fraction of sp³-hybridized carbons (Fsp3) is 0.667. The van der Waals surface area contributed by atoms with Crippen LogP contribution in [0.25, 0.3) is 0 Å². The van der Waals surface area contributed by atoms with Gasteiger partial charge in [-0.1, -0.05) is 19.9 Å². The van der Waals surface area contributed by atoms with Crippen LogP contribution in [0.1, 0.15) is 31.7 Å². The highest BCUT2D eigenvalue weighted by molar-refractivity contribution is 5.11. The van der Waals surface area contributed by atoms with Crippen LogP contribution < -0.4 is 5.32 Å². The molecule has 0 spiro atoms. The minimum atomic E-state index is 0.488. The second-order valence-electron chi connectivity index (χ2n) is 5.24. The smallest absolute Gasteiger partial charge is 0.0547 e. The molecular weight excluding hydrogens is 238 g/mol. The second-order valence-corrected chi connectivity index (χ2v) is 5.24. The first-order chi connectivity index (χ1) is 9.11. The minimum absolute atomic E-state index is 0.488. The lowest BCUT2D eigenvalue weighted by Crippen LogP contribution is -2.23. The largest absolute Gasteiger partial charge is 0.385 e. The molecule has 0 amide bonds. The van der Waals surface area contributed by atoms with Crippen molar-refractivity contribution in [3.8, 4) is 0 Å². The van der Waals surface area contributed by atoms with E-state index < -0.39 is 0 Å². The van der Waals surface area contributed by atoms with Gasteiger partial charge in [-0.05, 0) is 25.6 Å². The van der Waals surface area contributed by atoms with Crippen molar-refractivity contribution in [2.24, 2.45) is 0 Å². The number of ether oxygens (including phenoxy) is 1. The average molecular weight is 265 g/mol. The van der Waals surface area contributed by atoms with Crippen LogP contribution in [-0.2, 0) is 17.8 Å². The molecule has 108 valence electrons. The van der Waals surface area contributed by atoms with Gasteiger partial charge in [0.2, 0.25) is 0 Å². The summed E-state index contributed by atoms with van der Waals surface area (Å²) in [4.78, 5) is 6.96. The van der Waals surface area contributed by atoms with Crippen molar-refractivity contribution in [2.75, 3.05) is 27.3 Å². The summed E-state index contributed by atoms with van der Waals surface area (Å²) in [5, 5.41) is 3.39. The van der Waals surface area contributed by atoms with Crippen LogP contribution in [0.15, 0.2) is 18.2 Å². The Morgan fingerprint density at radius 2 is 2.05 bits per heavy atom. The lowest BCUT2D eigenvalue weighted by atomic mass is 10.2. The molecule has 1 aromatic rings. The summed E-state index contributed by atoms with van der Waals surface area (Å²) in [5.41, 5.74) is 2.24. The van der Waals surface area contributed by atoms with E-state index in [1.165, 1.54) is 0 Å². The summed E-state index contributed by atoms with van der Waals surface area (Å²) < 4.78 is 5.07. The summed E-state index contributed by atoms with van der Waals surface area (Å²) in [5.74, 6) is 0. The van der Waals surface area contributed by atoms with Gasteiger partial charge in [0, 0.05) is 39.4 Å². The van der Waals surface area contributed by atoms with Gasteiger partial charge in [0.15, 0.2) is 0 Å². The van der Waals surface area contributed by atoms with Gasteiger partial charge in [-0.15, -0.1) is 0 Å². The molecule has 1 rings (SSSR count). The fourth-order valence-electron chi connectivity index (χ4n) is 1.86. The molecule has 0 unspecified atom stereocenters. The minimum Gasteiger partial charge on any atom is -0.385 e. The Hall–Kier alpha value is -0.970. The monoisotopic (exact) mass is 265 g/mol. The van der Waals surface area contributed by atoms with E-state index in [4.69, 9.17) is 4.74 Å². The Labute approximate surface area is 117 Å². The molecule has 0 aliphatic heterocycles. The van der Waals surface area contributed by atoms with Crippen molar-refractivity contribution in [1.29, 1.82) is 0 Å². The molecule has 0 fully saturated rings. The topological polar surface area (TPSA) is 37.4 Å². The maximum absolute atomic E-state index is 5.07. The quantitative estimate of drug-likeness (QED) is 0.693. The maximum Gasteiger partial charge on any atom is 0.0547 e. The molecule has 0 radical (unpaired) electrons. The number of nitrogens with one attached hydrogen (secondary N) is 1. The maximum atomic E-state index is 5.07. The first-order valence-corrected chi connectivity index (χ1v) is 6.97. The predicted octanol–water partition coefficient (Wildman–Crippen LogP) is 2.05.